The lowest BCUT2D eigenvalue weighted by Gasteiger charge is -2.16. The number of pyridine rings is 1. The highest BCUT2D eigenvalue weighted by Crippen LogP contribution is 2.35. The highest BCUT2D eigenvalue weighted by Gasteiger charge is 2.15. The summed E-state index contributed by atoms with van der Waals surface area (Å²) < 4.78 is 21.9. The molecule has 0 unspecified atom stereocenters. The van der Waals surface area contributed by atoms with E-state index in [1.165, 1.54) is 6.33 Å². The molecule has 0 aliphatic carbocycles. The number of rotatable bonds is 6. The van der Waals surface area contributed by atoms with E-state index in [0.717, 1.165) is 11.0 Å². The number of benzene rings is 2. The first-order chi connectivity index (χ1) is 14.0. The number of hydrogen-bond acceptors (Lipinski definition) is 6. The molecule has 0 saturated carbocycles. The molecule has 29 heavy (non-hydrogen) atoms. The van der Waals surface area contributed by atoms with Crippen LogP contribution >= 0.6 is 15.9 Å². The van der Waals surface area contributed by atoms with Crippen molar-refractivity contribution in [1.82, 2.24) is 19.9 Å². The summed E-state index contributed by atoms with van der Waals surface area (Å²) in [4.78, 5) is 14.9. The first kappa shape index (κ1) is 19.5. The second kappa shape index (κ2) is 8.26. The molecule has 2 aromatic carbocycles. The van der Waals surface area contributed by atoms with Gasteiger partial charge < -0.3 is 15.0 Å². The van der Waals surface area contributed by atoms with Crippen molar-refractivity contribution in [2.75, 3.05) is 32.6 Å². The molecule has 2 heterocycles. The van der Waals surface area contributed by atoms with E-state index < -0.39 is 0 Å². The Morgan fingerprint density at radius 1 is 1.10 bits per heavy atom. The molecule has 1 N–H and O–H groups in total. The predicted octanol–water partition coefficient (Wildman–Crippen LogP) is 4.76. The number of nitrogens with one attached hydrogen (secondary N) is 1. The van der Waals surface area contributed by atoms with Gasteiger partial charge in [-0.2, -0.15) is 0 Å². The van der Waals surface area contributed by atoms with Gasteiger partial charge >= 0.3 is 0 Å². The molecule has 0 aliphatic heterocycles. The lowest BCUT2D eigenvalue weighted by molar-refractivity contribution is 0.263. The molecule has 0 fully saturated rings. The van der Waals surface area contributed by atoms with Crippen LogP contribution in [0.5, 0.6) is 5.75 Å². The number of anilines is 2. The number of likely N-dealkylation sites (N-methyl/N-ethyl adjacent to an activating group) is 1. The van der Waals surface area contributed by atoms with Gasteiger partial charge in [0.05, 0.1) is 22.1 Å². The van der Waals surface area contributed by atoms with E-state index in [4.69, 9.17) is 4.74 Å². The third kappa shape index (κ3) is 4.13. The molecule has 2 aromatic heterocycles. The Morgan fingerprint density at radius 3 is 2.79 bits per heavy atom. The molecule has 0 saturated heterocycles. The summed E-state index contributed by atoms with van der Waals surface area (Å²) >= 11 is 3.50. The minimum absolute atomic E-state index is 0.313. The molecule has 0 aliphatic rings. The largest absolute Gasteiger partial charge is 0.491 e. The van der Waals surface area contributed by atoms with Gasteiger partial charge in [-0.25, -0.2) is 14.4 Å². The van der Waals surface area contributed by atoms with Gasteiger partial charge in [0.1, 0.15) is 24.5 Å². The van der Waals surface area contributed by atoms with E-state index in [1.807, 2.05) is 31.1 Å². The fourth-order valence-electron chi connectivity index (χ4n) is 3.01. The van der Waals surface area contributed by atoms with Crippen molar-refractivity contribution in [2.24, 2.45) is 0 Å². The zero-order valence-corrected chi connectivity index (χ0v) is 17.6. The molecule has 148 valence electrons. The summed E-state index contributed by atoms with van der Waals surface area (Å²) in [5.41, 5.74) is 1.60. The van der Waals surface area contributed by atoms with Crippen LogP contribution in [0.3, 0.4) is 0 Å². The van der Waals surface area contributed by atoms with Crippen molar-refractivity contribution < 1.29 is 9.13 Å². The maximum atomic E-state index is 15.0. The highest BCUT2D eigenvalue weighted by molar-refractivity contribution is 9.10. The number of nitrogens with zero attached hydrogens (tertiary/aromatic N) is 4. The molecule has 8 heteroatoms. The summed E-state index contributed by atoms with van der Waals surface area (Å²) in [5.74, 6) is 0.723. The van der Waals surface area contributed by atoms with Crippen LogP contribution in [0.4, 0.5) is 15.9 Å². The first-order valence-electron chi connectivity index (χ1n) is 9.05. The second-order valence-corrected chi connectivity index (χ2v) is 7.71. The van der Waals surface area contributed by atoms with Crippen molar-refractivity contribution >= 4 is 49.2 Å². The molecule has 4 aromatic rings. The summed E-state index contributed by atoms with van der Waals surface area (Å²) in [6.45, 7) is 1.26. The lowest BCUT2D eigenvalue weighted by Crippen LogP contribution is -2.19. The predicted molar refractivity (Wildman–Crippen MR) is 116 cm³/mol. The molecule has 0 bridgehead atoms. The van der Waals surface area contributed by atoms with E-state index in [1.54, 1.807) is 30.5 Å². The molecular formula is C21H19BrFN5O. The fraction of sp³-hybridized carbons (Fsp3) is 0.190. The normalized spacial score (nSPS) is 11.3. The molecular weight excluding hydrogens is 437 g/mol. The van der Waals surface area contributed by atoms with E-state index >= 15 is 4.39 Å². The van der Waals surface area contributed by atoms with E-state index in [2.05, 4.69) is 36.2 Å². The van der Waals surface area contributed by atoms with E-state index in [0.29, 0.717) is 45.7 Å². The number of hydrogen-bond donors (Lipinski definition) is 1. The summed E-state index contributed by atoms with van der Waals surface area (Å²) in [5, 5.41) is 4.25. The summed E-state index contributed by atoms with van der Waals surface area (Å²) in [7, 11) is 3.96. The van der Waals surface area contributed by atoms with Crippen molar-refractivity contribution in [3.8, 4) is 5.75 Å². The minimum Gasteiger partial charge on any atom is -0.491 e. The molecule has 0 amide bonds. The Balaban J connectivity index is 1.77. The Kier molecular flexibility index (Phi) is 5.55. The third-order valence-electron chi connectivity index (χ3n) is 4.44. The van der Waals surface area contributed by atoms with Crippen molar-refractivity contribution in [2.45, 2.75) is 0 Å². The first-order valence-corrected chi connectivity index (χ1v) is 9.84. The van der Waals surface area contributed by atoms with Gasteiger partial charge in [0.25, 0.3) is 0 Å². The van der Waals surface area contributed by atoms with Crippen LogP contribution in [0.2, 0.25) is 0 Å². The Bertz CT molecular complexity index is 1180. The van der Waals surface area contributed by atoms with Crippen LogP contribution in [0, 0.1) is 5.82 Å². The van der Waals surface area contributed by atoms with Gasteiger partial charge in [-0.15, -0.1) is 0 Å². The molecule has 0 spiro atoms. The van der Waals surface area contributed by atoms with Crippen molar-refractivity contribution in [1.29, 1.82) is 0 Å². The van der Waals surface area contributed by atoms with Crippen molar-refractivity contribution in [3.63, 3.8) is 0 Å². The van der Waals surface area contributed by atoms with Gasteiger partial charge in [-0.3, -0.25) is 4.98 Å². The standard InChI is InChI=1S/C21H19BrFN5O/c1-28(2)8-9-29-18-11-13(22)10-17-19(18)21(26-12-25-17)27-16-6-5-15-14(20(16)23)4-3-7-24-15/h3-7,10-12H,8-9H2,1-2H3,(H,25,26,27). The summed E-state index contributed by atoms with van der Waals surface area (Å²) in [6, 6.07) is 10.6. The summed E-state index contributed by atoms with van der Waals surface area (Å²) in [6.07, 6.45) is 3.09. The van der Waals surface area contributed by atoms with E-state index in [-0.39, 0.29) is 5.82 Å². The lowest BCUT2D eigenvalue weighted by atomic mass is 10.1. The fourth-order valence-corrected chi connectivity index (χ4v) is 3.43. The average molecular weight is 456 g/mol. The number of aromatic nitrogens is 3. The maximum Gasteiger partial charge on any atom is 0.156 e. The molecule has 4 rings (SSSR count). The molecule has 6 nitrogen and oxygen atoms in total. The average Bonchev–Trinajstić information content (AvgIpc) is 2.70. The van der Waals surface area contributed by atoms with Gasteiger partial charge in [0.15, 0.2) is 5.82 Å². The molecule has 0 radical (unpaired) electrons. The van der Waals surface area contributed by atoms with Crippen LogP contribution in [0.15, 0.2) is 53.4 Å². The highest BCUT2D eigenvalue weighted by atomic mass is 79.9. The van der Waals surface area contributed by atoms with E-state index in [9.17, 15) is 0 Å². The van der Waals surface area contributed by atoms with Crippen LogP contribution in [-0.2, 0) is 0 Å². The Morgan fingerprint density at radius 2 is 1.97 bits per heavy atom. The van der Waals surface area contributed by atoms with Crippen LogP contribution in [0.1, 0.15) is 0 Å². The SMILES string of the molecule is CN(C)CCOc1cc(Br)cc2ncnc(Nc3ccc4ncccc4c3F)c12. The van der Waals surface area contributed by atoms with Gasteiger partial charge in [-0.05, 0) is 50.5 Å². The third-order valence-corrected chi connectivity index (χ3v) is 4.89. The Hall–Kier alpha value is -2.84. The van der Waals surface area contributed by atoms with Crippen molar-refractivity contribution in [3.05, 3.63) is 59.2 Å². The quantitative estimate of drug-likeness (QED) is 0.451. The number of fused-ring (bicyclic) bond motifs is 2. The van der Waals surface area contributed by atoms with Gasteiger partial charge in [0.2, 0.25) is 0 Å². The van der Waals surface area contributed by atoms with Gasteiger partial charge in [0, 0.05) is 22.6 Å². The van der Waals surface area contributed by atoms with Crippen LogP contribution < -0.4 is 10.1 Å². The minimum atomic E-state index is -0.380. The number of halogens is 2. The van der Waals surface area contributed by atoms with Crippen LogP contribution in [-0.4, -0.2) is 47.1 Å². The zero-order chi connectivity index (χ0) is 20.4. The number of ether oxygens (including phenoxy) is 1. The zero-order valence-electron chi connectivity index (χ0n) is 16.0. The second-order valence-electron chi connectivity index (χ2n) is 6.79. The maximum absolute atomic E-state index is 15.0. The monoisotopic (exact) mass is 455 g/mol. The topological polar surface area (TPSA) is 63.2 Å². The van der Waals surface area contributed by atoms with Crippen LogP contribution in [0.25, 0.3) is 21.8 Å². The Labute approximate surface area is 175 Å². The van der Waals surface area contributed by atoms with Gasteiger partial charge in [-0.1, -0.05) is 15.9 Å². The molecule has 0 atom stereocenters. The smallest absolute Gasteiger partial charge is 0.156 e.